The first-order valence-electron chi connectivity index (χ1n) is 10.5. The Morgan fingerprint density at radius 3 is 2.58 bits per heavy atom. The number of carbonyl (C=O) groups is 1. The summed E-state index contributed by atoms with van der Waals surface area (Å²) < 4.78 is 0. The van der Waals surface area contributed by atoms with Gasteiger partial charge in [-0.2, -0.15) is 0 Å². The molecule has 0 heterocycles. The van der Waals surface area contributed by atoms with Crippen LogP contribution in [-0.2, 0) is 4.79 Å². The van der Waals surface area contributed by atoms with Crippen molar-refractivity contribution in [1.29, 1.82) is 0 Å². The number of aliphatic hydroxyl groups is 2. The van der Waals surface area contributed by atoms with E-state index in [1.54, 1.807) is 0 Å². The molecular formula is C22H34O4. The van der Waals surface area contributed by atoms with Crippen molar-refractivity contribution in [2.75, 3.05) is 6.61 Å². The Hall–Kier alpha value is -0.870. The Bertz CT molecular complexity index is 628. The van der Waals surface area contributed by atoms with Gasteiger partial charge in [-0.25, -0.2) is 0 Å². The SMILES string of the molecule is C[C@]12CCC(O)CC1=CC[C@@H]1[C@@H]2CC[C@@]2(C)[C@H]1CC[C@]2(CCO)C(=O)O. The predicted octanol–water partition coefficient (Wildman–Crippen LogP) is 3.76. The van der Waals surface area contributed by atoms with Crippen LogP contribution in [0.25, 0.3) is 0 Å². The highest BCUT2D eigenvalue weighted by molar-refractivity contribution is 5.76. The lowest BCUT2D eigenvalue weighted by atomic mass is 9.45. The standard InChI is InChI=1S/C22H34O4/c1-20-8-5-15(24)13-14(20)3-4-16-17(20)6-9-21(2)18(16)7-10-22(21,11-12-23)19(25)26/h3,15-18,23-24H,4-13H2,1-2H3,(H,25,26)/t15?,16-,17+,18+,20+,21+,22+/m1/s1. The molecule has 4 rings (SSSR count). The second kappa shape index (κ2) is 6.07. The highest BCUT2D eigenvalue weighted by Gasteiger charge is 2.66. The van der Waals surface area contributed by atoms with Crippen molar-refractivity contribution in [3.05, 3.63) is 11.6 Å². The molecule has 4 aliphatic rings. The summed E-state index contributed by atoms with van der Waals surface area (Å²) in [5.41, 5.74) is 0.678. The minimum absolute atomic E-state index is 0.0393. The zero-order valence-electron chi connectivity index (χ0n) is 16.2. The van der Waals surface area contributed by atoms with Crippen LogP contribution in [0, 0.1) is 34.0 Å². The first-order valence-corrected chi connectivity index (χ1v) is 10.5. The lowest BCUT2D eigenvalue weighted by molar-refractivity contribution is -0.165. The third kappa shape index (κ3) is 2.24. The molecule has 7 atom stereocenters. The lowest BCUT2D eigenvalue weighted by Crippen LogP contribution is -2.54. The first kappa shape index (κ1) is 18.5. The number of fused-ring (bicyclic) bond motifs is 5. The van der Waals surface area contributed by atoms with Gasteiger partial charge in [-0.05, 0) is 86.4 Å². The summed E-state index contributed by atoms with van der Waals surface area (Å²) >= 11 is 0. The van der Waals surface area contributed by atoms with E-state index in [0.717, 1.165) is 44.9 Å². The summed E-state index contributed by atoms with van der Waals surface area (Å²) in [5, 5.41) is 29.8. The minimum atomic E-state index is -0.759. The highest BCUT2D eigenvalue weighted by Crippen LogP contribution is 2.70. The molecule has 4 aliphatic carbocycles. The third-order valence-electron chi connectivity index (χ3n) is 9.39. The number of hydrogen-bond donors (Lipinski definition) is 3. The lowest BCUT2D eigenvalue weighted by Gasteiger charge is -2.59. The fourth-order valence-electron chi connectivity index (χ4n) is 7.84. The molecule has 4 heteroatoms. The van der Waals surface area contributed by atoms with E-state index in [0.29, 0.717) is 30.6 Å². The van der Waals surface area contributed by atoms with Crippen LogP contribution in [0.4, 0.5) is 0 Å². The molecule has 3 saturated carbocycles. The van der Waals surface area contributed by atoms with Crippen LogP contribution >= 0.6 is 0 Å². The first-order chi connectivity index (χ1) is 12.3. The minimum Gasteiger partial charge on any atom is -0.481 e. The Kier molecular flexibility index (Phi) is 4.31. The maximum Gasteiger partial charge on any atom is 0.310 e. The molecule has 3 fully saturated rings. The van der Waals surface area contributed by atoms with Crippen molar-refractivity contribution in [2.45, 2.75) is 77.7 Å². The zero-order chi connectivity index (χ0) is 18.7. The molecule has 26 heavy (non-hydrogen) atoms. The van der Waals surface area contributed by atoms with Crippen LogP contribution < -0.4 is 0 Å². The molecule has 146 valence electrons. The van der Waals surface area contributed by atoms with Gasteiger partial charge in [-0.15, -0.1) is 0 Å². The molecule has 0 aromatic rings. The average Bonchev–Trinajstić information content (AvgIpc) is 2.90. The van der Waals surface area contributed by atoms with Crippen molar-refractivity contribution < 1.29 is 20.1 Å². The smallest absolute Gasteiger partial charge is 0.310 e. The van der Waals surface area contributed by atoms with E-state index in [-0.39, 0.29) is 23.5 Å². The van der Waals surface area contributed by atoms with Gasteiger partial charge in [0.15, 0.2) is 0 Å². The largest absolute Gasteiger partial charge is 0.481 e. The van der Waals surface area contributed by atoms with E-state index in [9.17, 15) is 20.1 Å². The molecule has 0 bridgehead atoms. The topological polar surface area (TPSA) is 77.8 Å². The number of hydrogen-bond acceptors (Lipinski definition) is 3. The molecule has 0 saturated heterocycles. The van der Waals surface area contributed by atoms with Crippen LogP contribution in [0.3, 0.4) is 0 Å². The Balaban J connectivity index is 1.69. The number of carboxylic acid groups (broad SMARTS) is 1. The Labute approximate surface area is 156 Å². The predicted molar refractivity (Wildman–Crippen MR) is 99.5 cm³/mol. The molecule has 4 nitrogen and oxygen atoms in total. The molecular weight excluding hydrogens is 328 g/mol. The summed E-state index contributed by atoms with van der Waals surface area (Å²) in [7, 11) is 0. The van der Waals surface area contributed by atoms with E-state index < -0.39 is 11.4 Å². The highest BCUT2D eigenvalue weighted by atomic mass is 16.4. The molecule has 0 amide bonds. The second-order valence-corrected chi connectivity index (χ2v) is 10.0. The number of aliphatic carboxylic acids is 1. The van der Waals surface area contributed by atoms with Gasteiger partial charge in [0, 0.05) is 6.61 Å². The monoisotopic (exact) mass is 362 g/mol. The van der Waals surface area contributed by atoms with Crippen molar-refractivity contribution in [2.24, 2.45) is 34.0 Å². The maximum absolute atomic E-state index is 12.3. The molecule has 1 unspecified atom stereocenters. The van der Waals surface area contributed by atoms with Crippen LogP contribution in [0.1, 0.15) is 71.6 Å². The van der Waals surface area contributed by atoms with Crippen LogP contribution in [-0.4, -0.2) is 34.0 Å². The van der Waals surface area contributed by atoms with Crippen LogP contribution in [0.2, 0.25) is 0 Å². The summed E-state index contributed by atoms with van der Waals surface area (Å²) in [4.78, 5) is 12.3. The number of allylic oxidation sites excluding steroid dienone is 1. The quantitative estimate of drug-likeness (QED) is 0.668. The van der Waals surface area contributed by atoms with Crippen molar-refractivity contribution in [3.8, 4) is 0 Å². The number of carboxylic acids is 1. The van der Waals surface area contributed by atoms with E-state index in [1.807, 2.05) is 0 Å². The second-order valence-electron chi connectivity index (χ2n) is 10.0. The van der Waals surface area contributed by atoms with Gasteiger partial charge in [0.2, 0.25) is 0 Å². The van der Waals surface area contributed by atoms with Crippen LogP contribution in [0.15, 0.2) is 11.6 Å². The molecule has 0 aromatic heterocycles. The van der Waals surface area contributed by atoms with E-state index in [4.69, 9.17) is 0 Å². The average molecular weight is 363 g/mol. The van der Waals surface area contributed by atoms with E-state index >= 15 is 0 Å². The molecule has 0 aromatic carbocycles. The Morgan fingerprint density at radius 2 is 1.88 bits per heavy atom. The molecule has 0 aliphatic heterocycles. The fourth-order valence-corrected chi connectivity index (χ4v) is 7.84. The summed E-state index contributed by atoms with van der Waals surface area (Å²) in [6.45, 7) is 4.57. The third-order valence-corrected chi connectivity index (χ3v) is 9.39. The van der Waals surface area contributed by atoms with Crippen molar-refractivity contribution in [3.63, 3.8) is 0 Å². The summed E-state index contributed by atoms with van der Waals surface area (Å²) in [6, 6.07) is 0. The van der Waals surface area contributed by atoms with Crippen molar-refractivity contribution in [1.82, 2.24) is 0 Å². The number of aliphatic hydroxyl groups excluding tert-OH is 2. The summed E-state index contributed by atoms with van der Waals surface area (Å²) in [5.74, 6) is 0.906. The Morgan fingerprint density at radius 1 is 1.15 bits per heavy atom. The van der Waals surface area contributed by atoms with Gasteiger partial charge < -0.3 is 15.3 Å². The molecule has 0 radical (unpaired) electrons. The molecule has 0 spiro atoms. The van der Waals surface area contributed by atoms with Gasteiger partial charge >= 0.3 is 5.97 Å². The van der Waals surface area contributed by atoms with Gasteiger partial charge in [-0.3, -0.25) is 4.79 Å². The molecule has 3 N–H and O–H groups in total. The fraction of sp³-hybridized carbons (Fsp3) is 0.864. The van der Waals surface area contributed by atoms with E-state index in [1.165, 1.54) is 5.57 Å². The summed E-state index contributed by atoms with van der Waals surface area (Å²) in [6.07, 6.45) is 10.1. The van der Waals surface area contributed by atoms with E-state index in [2.05, 4.69) is 19.9 Å². The van der Waals surface area contributed by atoms with Crippen LogP contribution in [0.5, 0.6) is 0 Å². The zero-order valence-corrected chi connectivity index (χ0v) is 16.2. The van der Waals surface area contributed by atoms with Gasteiger partial charge in [0.25, 0.3) is 0 Å². The van der Waals surface area contributed by atoms with Crippen molar-refractivity contribution >= 4 is 5.97 Å². The maximum atomic E-state index is 12.3. The van der Waals surface area contributed by atoms with Gasteiger partial charge in [0.05, 0.1) is 11.5 Å². The normalized spacial score (nSPS) is 50.4. The van der Waals surface area contributed by atoms with Gasteiger partial charge in [0.1, 0.15) is 0 Å². The van der Waals surface area contributed by atoms with Gasteiger partial charge in [-0.1, -0.05) is 25.5 Å². The number of rotatable bonds is 3.